The van der Waals surface area contributed by atoms with Crippen LogP contribution >= 0.6 is 0 Å². The number of para-hydroxylation sites is 1. The zero-order valence-corrected chi connectivity index (χ0v) is 33.3. The van der Waals surface area contributed by atoms with Crippen LogP contribution in [-0.4, -0.2) is 10.3 Å². The lowest BCUT2D eigenvalue weighted by Crippen LogP contribution is -2.22. The number of fused-ring (bicyclic) bond motifs is 9. The van der Waals surface area contributed by atoms with Crippen LogP contribution in [0.1, 0.15) is 35.7 Å². The predicted molar refractivity (Wildman–Crippen MR) is 254 cm³/mol. The maximum Gasteiger partial charge on any atom is 0.146 e. The highest BCUT2D eigenvalue weighted by Gasteiger charge is 2.28. The Morgan fingerprint density at radius 2 is 1.13 bits per heavy atom. The minimum Gasteiger partial charge on any atom is -0.359 e. The topological polar surface area (TPSA) is 29.3 Å². The molecule has 2 heterocycles. The average molecular weight is 768 g/mol. The third kappa shape index (κ3) is 5.47. The van der Waals surface area contributed by atoms with E-state index < -0.39 is 0 Å². The SMILES string of the molecule is CC1C=C(C2=NC(c3cccc4c(-n5c6ccc7ccccc7c6c6c7ccccc7ccc65)cccc34)Nc3ccccc32)C=CC1c1ccc(-c2ccccc2)cc1. The molecule has 0 fully saturated rings. The van der Waals surface area contributed by atoms with E-state index in [2.05, 4.69) is 223 Å². The number of hydrogen-bond donors (Lipinski definition) is 1. The molecular formula is C57H41N3. The van der Waals surface area contributed by atoms with Crippen LogP contribution < -0.4 is 5.32 Å². The quantitative estimate of drug-likeness (QED) is 0.186. The Hall–Kier alpha value is -7.49. The van der Waals surface area contributed by atoms with E-state index in [1.165, 1.54) is 76.4 Å². The highest BCUT2D eigenvalue weighted by atomic mass is 15.1. The molecule has 3 heteroatoms. The first-order valence-electron chi connectivity index (χ1n) is 21.0. The molecule has 60 heavy (non-hydrogen) atoms. The molecule has 284 valence electrons. The van der Waals surface area contributed by atoms with E-state index in [0.717, 1.165) is 28.2 Å². The first kappa shape index (κ1) is 34.5. The maximum absolute atomic E-state index is 5.58. The minimum atomic E-state index is -0.271. The first-order valence-corrected chi connectivity index (χ1v) is 21.0. The summed E-state index contributed by atoms with van der Waals surface area (Å²) in [5, 5.41) is 13.9. The summed E-state index contributed by atoms with van der Waals surface area (Å²) < 4.78 is 2.48. The summed E-state index contributed by atoms with van der Waals surface area (Å²) >= 11 is 0. The molecule has 0 saturated carbocycles. The predicted octanol–water partition coefficient (Wildman–Crippen LogP) is 14.7. The fourth-order valence-corrected chi connectivity index (χ4v) is 10.1. The second-order valence-electron chi connectivity index (χ2n) is 16.3. The van der Waals surface area contributed by atoms with Crippen molar-refractivity contribution in [3.05, 3.63) is 229 Å². The van der Waals surface area contributed by atoms with E-state index in [1.54, 1.807) is 0 Å². The van der Waals surface area contributed by atoms with Crippen LogP contribution in [0, 0.1) is 5.92 Å². The average Bonchev–Trinajstić information content (AvgIpc) is 3.66. The van der Waals surface area contributed by atoms with Gasteiger partial charge in [0.2, 0.25) is 0 Å². The molecule has 1 aromatic heterocycles. The zero-order chi connectivity index (χ0) is 39.7. The normalized spacial score (nSPS) is 17.5. The number of allylic oxidation sites excluding steroid dienone is 4. The van der Waals surface area contributed by atoms with Crippen LogP contribution in [0.2, 0.25) is 0 Å². The summed E-state index contributed by atoms with van der Waals surface area (Å²) in [6.07, 6.45) is 6.82. The molecule has 12 rings (SSSR count). The third-order valence-electron chi connectivity index (χ3n) is 12.9. The molecule has 0 amide bonds. The number of aliphatic imine (C=N–C) groups is 1. The van der Waals surface area contributed by atoms with E-state index >= 15 is 0 Å². The maximum atomic E-state index is 5.58. The van der Waals surface area contributed by atoms with Crippen LogP contribution in [0.15, 0.2) is 217 Å². The summed E-state index contributed by atoms with van der Waals surface area (Å²) in [7, 11) is 0. The lowest BCUT2D eigenvalue weighted by atomic mass is 9.80. The van der Waals surface area contributed by atoms with Crippen LogP contribution in [0.5, 0.6) is 0 Å². The lowest BCUT2D eigenvalue weighted by Gasteiger charge is -2.30. The van der Waals surface area contributed by atoms with Gasteiger partial charge in [-0.3, -0.25) is 4.99 Å². The van der Waals surface area contributed by atoms with Crippen LogP contribution in [0.3, 0.4) is 0 Å². The number of rotatable bonds is 5. The Bertz CT molecular complexity index is 3330. The molecule has 1 aliphatic carbocycles. The van der Waals surface area contributed by atoms with Crippen molar-refractivity contribution in [1.82, 2.24) is 4.57 Å². The Morgan fingerprint density at radius 3 is 1.87 bits per heavy atom. The molecule has 0 radical (unpaired) electrons. The van der Waals surface area contributed by atoms with Gasteiger partial charge in [-0.2, -0.15) is 0 Å². The Morgan fingerprint density at radius 1 is 0.517 bits per heavy atom. The van der Waals surface area contributed by atoms with E-state index in [-0.39, 0.29) is 6.17 Å². The molecule has 3 unspecified atom stereocenters. The van der Waals surface area contributed by atoms with Crippen molar-refractivity contribution in [1.29, 1.82) is 0 Å². The van der Waals surface area contributed by atoms with Crippen molar-refractivity contribution in [3.8, 4) is 16.8 Å². The Kier molecular flexibility index (Phi) is 7.96. The number of anilines is 1. The van der Waals surface area contributed by atoms with Crippen molar-refractivity contribution >= 4 is 65.5 Å². The minimum absolute atomic E-state index is 0.271. The van der Waals surface area contributed by atoms with Crippen molar-refractivity contribution < 1.29 is 0 Å². The third-order valence-corrected chi connectivity index (χ3v) is 12.9. The number of hydrogen-bond acceptors (Lipinski definition) is 2. The molecule has 1 N–H and O–H groups in total. The van der Waals surface area contributed by atoms with Crippen molar-refractivity contribution in [2.75, 3.05) is 5.32 Å². The number of aromatic nitrogens is 1. The molecule has 9 aromatic carbocycles. The summed E-state index contributed by atoms with van der Waals surface area (Å²) in [6.45, 7) is 2.33. The monoisotopic (exact) mass is 767 g/mol. The lowest BCUT2D eigenvalue weighted by molar-refractivity contribution is 0.633. The van der Waals surface area contributed by atoms with Gasteiger partial charge in [0, 0.05) is 38.9 Å². The van der Waals surface area contributed by atoms with Gasteiger partial charge >= 0.3 is 0 Å². The van der Waals surface area contributed by atoms with E-state index in [0.29, 0.717) is 11.8 Å². The summed E-state index contributed by atoms with van der Waals surface area (Å²) in [4.78, 5) is 5.58. The van der Waals surface area contributed by atoms with Gasteiger partial charge in [-0.25, -0.2) is 0 Å². The van der Waals surface area contributed by atoms with Crippen molar-refractivity contribution in [3.63, 3.8) is 0 Å². The van der Waals surface area contributed by atoms with Gasteiger partial charge in [-0.05, 0) is 79.4 Å². The highest BCUT2D eigenvalue weighted by Crippen LogP contribution is 2.43. The number of benzene rings is 9. The molecule has 3 nitrogen and oxygen atoms in total. The molecule has 3 atom stereocenters. The van der Waals surface area contributed by atoms with Gasteiger partial charge in [-0.15, -0.1) is 0 Å². The molecular weight excluding hydrogens is 727 g/mol. The van der Waals surface area contributed by atoms with E-state index in [1.807, 2.05) is 0 Å². The summed E-state index contributed by atoms with van der Waals surface area (Å²) in [5.74, 6) is 0.594. The molecule has 0 bridgehead atoms. The molecule has 10 aromatic rings. The first-order chi connectivity index (χ1) is 29.7. The fraction of sp³-hybridized carbons (Fsp3) is 0.0702. The largest absolute Gasteiger partial charge is 0.359 e. The molecule has 0 saturated heterocycles. The number of nitrogens with one attached hydrogen (secondary N) is 1. The van der Waals surface area contributed by atoms with Crippen molar-refractivity contribution in [2.45, 2.75) is 19.0 Å². The standard InChI is InChI=1S/C57H41N3/c1-36-35-42(29-32-43(36)41-27-25-38(26-28-41)37-13-3-2-4-14-37)56-49-19-9-10-23-50(49)58-57(59-56)48-22-11-21-47-46(48)20-12-24-51(47)60-52-33-30-39-15-5-7-17-44(39)54(52)55-45-18-8-6-16-40(45)31-34-53(55)60/h2-36,43,57-58H,1H3. The summed E-state index contributed by atoms with van der Waals surface area (Å²) in [5.41, 5.74) is 13.0. The van der Waals surface area contributed by atoms with Gasteiger partial charge in [-0.1, -0.05) is 189 Å². The molecule has 1 aliphatic heterocycles. The highest BCUT2D eigenvalue weighted by molar-refractivity contribution is 6.29. The van der Waals surface area contributed by atoms with Crippen molar-refractivity contribution in [2.24, 2.45) is 10.9 Å². The Labute approximate surface area is 349 Å². The Balaban J connectivity index is 0.969. The van der Waals surface area contributed by atoms with E-state index in [4.69, 9.17) is 4.99 Å². The second-order valence-corrected chi connectivity index (χ2v) is 16.3. The van der Waals surface area contributed by atoms with Gasteiger partial charge in [0.1, 0.15) is 6.17 Å². The van der Waals surface area contributed by atoms with Crippen LogP contribution in [0.4, 0.5) is 5.69 Å². The fourth-order valence-electron chi connectivity index (χ4n) is 10.1. The molecule has 0 spiro atoms. The van der Waals surface area contributed by atoms with E-state index in [9.17, 15) is 0 Å². The van der Waals surface area contributed by atoms with Gasteiger partial charge in [0.25, 0.3) is 0 Å². The van der Waals surface area contributed by atoms with Gasteiger partial charge in [0.15, 0.2) is 0 Å². The number of nitrogens with zero attached hydrogens (tertiary/aromatic N) is 2. The van der Waals surface area contributed by atoms with Crippen LogP contribution in [0.25, 0.3) is 70.9 Å². The van der Waals surface area contributed by atoms with Gasteiger partial charge in [0.05, 0.1) is 22.4 Å². The summed E-state index contributed by atoms with van der Waals surface area (Å²) in [6, 6.07) is 68.5. The van der Waals surface area contributed by atoms with Gasteiger partial charge < -0.3 is 9.88 Å². The molecule has 2 aliphatic rings. The van der Waals surface area contributed by atoms with Crippen LogP contribution in [-0.2, 0) is 0 Å². The zero-order valence-electron chi connectivity index (χ0n) is 33.3. The smallest absolute Gasteiger partial charge is 0.146 e. The second kappa shape index (κ2) is 13.8.